The molecule has 0 N–H and O–H groups in total. The minimum Gasteiger partial charge on any atom is -0.370 e. The van der Waals surface area contributed by atoms with Crippen LogP contribution in [0, 0.1) is 23.2 Å². The number of amides is 2. The van der Waals surface area contributed by atoms with Gasteiger partial charge in [0.2, 0.25) is 0 Å². The zero-order chi connectivity index (χ0) is 23.5. The Bertz CT molecular complexity index is 952. The molecule has 1 aromatic rings. The molecule has 5 rings (SSSR count). The third kappa shape index (κ3) is 4.62. The van der Waals surface area contributed by atoms with Gasteiger partial charge in [-0.05, 0) is 36.6 Å². The molecule has 0 radical (unpaired) electrons. The first-order valence-electron chi connectivity index (χ1n) is 13.2. The van der Waals surface area contributed by atoms with Crippen molar-refractivity contribution < 1.29 is 9.59 Å². The SMILES string of the molecule is N#CC1=C(N2CCN(C(=O)c3cccs3)CC2)C2CCCCC2N(CCC2CCCCC2)C1=O. The molecular formula is C27H36N4O2S. The summed E-state index contributed by atoms with van der Waals surface area (Å²) >= 11 is 1.48. The molecule has 34 heavy (non-hydrogen) atoms. The van der Waals surface area contributed by atoms with E-state index in [1.165, 1.54) is 43.4 Å². The van der Waals surface area contributed by atoms with Crippen LogP contribution in [0.2, 0.25) is 0 Å². The van der Waals surface area contributed by atoms with Crippen LogP contribution in [0.1, 0.15) is 73.9 Å². The monoisotopic (exact) mass is 480 g/mol. The van der Waals surface area contributed by atoms with Crippen molar-refractivity contribution in [1.29, 1.82) is 5.26 Å². The number of hydrogen-bond donors (Lipinski definition) is 0. The lowest BCUT2D eigenvalue weighted by Gasteiger charge is -2.49. The number of nitrogens with zero attached hydrogens (tertiary/aromatic N) is 4. The van der Waals surface area contributed by atoms with E-state index in [4.69, 9.17) is 0 Å². The van der Waals surface area contributed by atoms with Crippen LogP contribution in [0.15, 0.2) is 28.8 Å². The lowest BCUT2D eigenvalue weighted by atomic mass is 9.76. The number of nitriles is 1. The van der Waals surface area contributed by atoms with Crippen molar-refractivity contribution in [3.8, 4) is 6.07 Å². The fourth-order valence-electron chi connectivity index (χ4n) is 6.66. The molecule has 1 saturated heterocycles. The van der Waals surface area contributed by atoms with E-state index in [2.05, 4.69) is 15.9 Å². The first-order chi connectivity index (χ1) is 16.7. The first-order valence-corrected chi connectivity index (χ1v) is 14.1. The van der Waals surface area contributed by atoms with Crippen molar-refractivity contribution in [2.45, 2.75) is 70.3 Å². The van der Waals surface area contributed by atoms with Crippen LogP contribution in [0.3, 0.4) is 0 Å². The van der Waals surface area contributed by atoms with Gasteiger partial charge < -0.3 is 14.7 Å². The molecule has 6 nitrogen and oxygen atoms in total. The summed E-state index contributed by atoms with van der Waals surface area (Å²) in [5, 5.41) is 12.0. The molecule has 2 saturated carbocycles. The van der Waals surface area contributed by atoms with Crippen LogP contribution in [0.25, 0.3) is 0 Å². The summed E-state index contributed by atoms with van der Waals surface area (Å²) < 4.78 is 0. The summed E-state index contributed by atoms with van der Waals surface area (Å²) in [4.78, 5) is 33.4. The summed E-state index contributed by atoms with van der Waals surface area (Å²) in [6.45, 7) is 3.45. The van der Waals surface area contributed by atoms with Gasteiger partial charge in [0, 0.05) is 50.4 Å². The van der Waals surface area contributed by atoms with E-state index in [1.807, 2.05) is 22.4 Å². The molecule has 0 spiro atoms. The van der Waals surface area contributed by atoms with Crippen molar-refractivity contribution >= 4 is 23.2 Å². The van der Waals surface area contributed by atoms with E-state index in [-0.39, 0.29) is 23.8 Å². The maximum Gasteiger partial charge on any atom is 0.266 e. The van der Waals surface area contributed by atoms with Gasteiger partial charge in [0.05, 0.1) is 4.88 Å². The van der Waals surface area contributed by atoms with Crippen LogP contribution >= 0.6 is 11.3 Å². The molecule has 2 unspecified atom stereocenters. The number of carbonyl (C=O) groups is 2. The second-order valence-electron chi connectivity index (χ2n) is 10.4. The third-order valence-electron chi connectivity index (χ3n) is 8.47. The number of hydrogen-bond acceptors (Lipinski definition) is 5. The highest BCUT2D eigenvalue weighted by Gasteiger charge is 2.45. The highest BCUT2D eigenvalue weighted by Crippen LogP contribution is 2.41. The normalized spacial score (nSPS) is 26.4. The number of carbonyl (C=O) groups excluding carboxylic acids is 2. The smallest absolute Gasteiger partial charge is 0.266 e. The lowest BCUT2D eigenvalue weighted by molar-refractivity contribution is -0.133. The van der Waals surface area contributed by atoms with Crippen molar-refractivity contribution in [3.63, 3.8) is 0 Å². The van der Waals surface area contributed by atoms with Crippen molar-refractivity contribution in [1.82, 2.24) is 14.7 Å². The Morgan fingerprint density at radius 3 is 2.47 bits per heavy atom. The molecule has 1 aromatic heterocycles. The number of piperazine rings is 1. The average Bonchev–Trinajstić information content (AvgIpc) is 3.43. The van der Waals surface area contributed by atoms with Crippen LogP contribution in [-0.4, -0.2) is 65.3 Å². The average molecular weight is 481 g/mol. The van der Waals surface area contributed by atoms with E-state index in [9.17, 15) is 14.9 Å². The molecule has 0 aromatic carbocycles. The summed E-state index contributed by atoms with van der Waals surface area (Å²) in [5.41, 5.74) is 1.35. The lowest BCUT2D eigenvalue weighted by Crippen LogP contribution is -2.56. The Kier molecular flexibility index (Phi) is 7.24. The highest BCUT2D eigenvalue weighted by molar-refractivity contribution is 7.12. The first kappa shape index (κ1) is 23.4. The Hall–Kier alpha value is -2.33. The number of rotatable bonds is 5. The van der Waals surface area contributed by atoms with Gasteiger partial charge in [-0.2, -0.15) is 5.26 Å². The Morgan fingerprint density at radius 1 is 1.03 bits per heavy atom. The Morgan fingerprint density at radius 2 is 1.76 bits per heavy atom. The topological polar surface area (TPSA) is 67.7 Å². The predicted octanol–water partition coefficient (Wildman–Crippen LogP) is 4.65. The maximum absolute atomic E-state index is 13.6. The van der Waals surface area contributed by atoms with Gasteiger partial charge in [-0.3, -0.25) is 9.59 Å². The van der Waals surface area contributed by atoms with E-state index >= 15 is 0 Å². The maximum atomic E-state index is 13.6. The Balaban J connectivity index is 1.32. The van der Waals surface area contributed by atoms with E-state index in [0.717, 1.165) is 55.1 Å². The molecule has 3 fully saturated rings. The fraction of sp³-hybridized carbons (Fsp3) is 0.667. The van der Waals surface area contributed by atoms with Crippen LogP contribution in [0.5, 0.6) is 0 Å². The van der Waals surface area contributed by atoms with Gasteiger partial charge in [-0.1, -0.05) is 51.0 Å². The van der Waals surface area contributed by atoms with Gasteiger partial charge >= 0.3 is 0 Å². The quantitative estimate of drug-likeness (QED) is 0.615. The molecule has 7 heteroatoms. The molecule has 3 heterocycles. The van der Waals surface area contributed by atoms with E-state index in [1.54, 1.807) is 0 Å². The molecule has 182 valence electrons. The van der Waals surface area contributed by atoms with Crippen LogP contribution < -0.4 is 0 Å². The minimum atomic E-state index is -0.0476. The van der Waals surface area contributed by atoms with Gasteiger partial charge in [0.25, 0.3) is 11.8 Å². The zero-order valence-corrected chi connectivity index (χ0v) is 20.9. The minimum absolute atomic E-state index is 0.0476. The largest absolute Gasteiger partial charge is 0.370 e. The van der Waals surface area contributed by atoms with Crippen molar-refractivity contribution in [2.24, 2.45) is 11.8 Å². The third-order valence-corrected chi connectivity index (χ3v) is 9.32. The summed E-state index contributed by atoms with van der Waals surface area (Å²) in [6.07, 6.45) is 12.0. The standard InChI is InChI=1S/C27H36N4O2S/c28-19-22-25(29-14-16-30(17-15-29)27(33)24-11-6-18-34-24)21-9-4-5-10-23(21)31(26(22)32)13-12-20-7-2-1-3-8-20/h6,11,18,20-21,23H,1-5,7-10,12-17H2. The predicted molar refractivity (Wildman–Crippen MR) is 133 cm³/mol. The summed E-state index contributed by atoms with van der Waals surface area (Å²) in [5.74, 6) is 1.03. The second-order valence-corrected chi connectivity index (χ2v) is 11.3. The molecule has 2 aliphatic heterocycles. The van der Waals surface area contributed by atoms with Gasteiger partial charge in [0.1, 0.15) is 11.6 Å². The number of thiophene rings is 1. The zero-order valence-electron chi connectivity index (χ0n) is 20.1. The second kappa shape index (κ2) is 10.5. The molecule has 2 amide bonds. The van der Waals surface area contributed by atoms with Crippen molar-refractivity contribution in [3.05, 3.63) is 33.7 Å². The Labute approximate surface area is 207 Å². The highest BCUT2D eigenvalue weighted by atomic mass is 32.1. The molecule has 2 atom stereocenters. The molecule has 0 bridgehead atoms. The van der Waals surface area contributed by atoms with Gasteiger partial charge in [0.15, 0.2) is 0 Å². The molecule has 2 aliphatic carbocycles. The number of fused-ring (bicyclic) bond motifs is 1. The van der Waals surface area contributed by atoms with E-state index in [0.29, 0.717) is 31.8 Å². The van der Waals surface area contributed by atoms with E-state index < -0.39 is 0 Å². The fourth-order valence-corrected chi connectivity index (χ4v) is 7.35. The summed E-state index contributed by atoms with van der Waals surface area (Å²) in [7, 11) is 0. The molecular weight excluding hydrogens is 444 g/mol. The molecule has 4 aliphatic rings. The summed E-state index contributed by atoms with van der Waals surface area (Å²) in [6, 6.07) is 6.34. The van der Waals surface area contributed by atoms with Crippen LogP contribution in [-0.2, 0) is 4.79 Å². The van der Waals surface area contributed by atoms with Crippen molar-refractivity contribution in [2.75, 3.05) is 32.7 Å². The van der Waals surface area contributed by atoms with Gasteiger partial charge in [-0.25, -0.2) is 0 Å². The van der Waals surface area contributed by atoms with Gasteiger partial charge in [-0.15, -0.1) is 11.3 Å². The van der Waals surface area contributed by atoms with Crippen LogP contribution in [0.4, 0.5) is 0 Å².